The normalized spacial score (nSPS) is 10.8. The number of hydrogen-bond donors (Lipinski definition) is 4. The van der Waals surface area contributed by atoms with Crippen LogP contribution < -0.4 is 5.73 Å². The fraction of sp³-hybridized carbons (Fsp3) is 0.417. The number of nitrogens with one attached hydrogen (secondary N) is 1. The van der Waals surface area contributed by atoms with Gasteiger partial charge in [0.2, 0.25) is 0 Å². The molecule has 0 radical (unpaired) electrons. The first-order chi connectivity index (χ1) is 8.17. The molecule has 5 nitrogen and oxygen atoms in total. The van der Waals surface area contributed by atoms with Crippen molar-refractivity contribution in [3.8, 4) is 0 Å². The summed E-state index contributed by atoms with van der Waals surface area (Å²) in [4.78, 5) is 1.96. The van der Waals surface area contributed by atoms with E-state index in [1.165, 1.54) is 0 Å². The van der Waals surface area contributed by atoms with Crippen molar-refractivity contribution >= 4 is 5.84 Å². The highest BCUT2D eigenvalue weighted by Crippen LogP contribution is 2.07. The van der Waals surface area contributed by atoms with Crippen LogP contribution in [0, 0.1) is 5.41 Å². The van der Waals surface area contributed by atoms with E-state index in [4.69, 9.17) is 21.4 Å². The summed E-state index contributed by atoms with van der Waals surface area (Å²) < 4.78 is 0. The lowest BCUT2D eigenvalue weighted by atomic mass is 10.1. The van der Waals surface area contributed by atoms with Crippen molar-refractivity contribution in [2.24, 2.45) is 5.73 Å². The standard InChI is InChI=1S/C12H19N3O2/c13-12(14)11-3-1-10(2-4-11)9-15(5-7-16)6-8-17/h1-4,16-17H,5-9H2,(H3,13,14). The molecule has 17 heavy (non-hydrogen) atoms. The van der Waals surface area contributed by atoms with Crippen LogP contribution >= 0.6 is 0 Å². The van der Waals surface area contributed by atoms with Gasteiger partial charge in [-0.2, -0.15) is 0 Å². The minimum absolute atomic E-state index is 0.0547. The molecule has 0 aliphatic rings. The quantitative estimate of drug-likeness (QED) is 0.389. The minimum Gasteiger partial charge on any atom is -0.395 e. The second-order valence-electron chi connectivity index (χ2n) is 3.83. The Labute approximate surface area is 101 Å². The van der Waals surface area contributed by atoms with E-state index >= 15 is 0 Å². The summed E-state index contributed by atoms with van der Waals surface area (Å²) in [6.45, 7) is 1.89. The van der Waals surface area contributed by atoms with E-state index in [1.54, 1.807) is 12.1 Å². The molecule has 0 bridgehead atoms. The van der Waals surface area contributed by atoms with Gasteiger partial charge in [0.15, 0.2) is 0 Å². The Kier molecular flexibility index (Phi) is 5.62. The van der Waals surface area contributed by atoms with E-state index in [-0.39, 0.29) is 19.0 Å². The molecule has 0 heterocycles. The summed E-state index contributed by atoms with van der Waals surface area (Å²) in [6.07, 6.45) is 0. The van der Waals surface area contributed by atoms with Gasteiger partial charge in [-0.1, -0.05) is 24.3 Å². The van der Waals surface area contributed by atoms with Gasteiger partial charge >= 0.3 is 0 Å². The zero-order valence-corrected chi connectivity index (χ0v) is 9.76. The molecule has 0 spiro atoms. The number of aliphatic hydroxyl groups excluding tert-OH is 2. The molecule has 0 saturated carbocycles. The van der Waals surface area contributed by atoms with Gasteiger partial charge in [-0.25, -0.2) is 0 Å². The minimum atomic E-state index is 0.0547. The first kappa shape index (κ1) is 13.6. The van der Waals surface area contributed by atoms with Crippen LogP contribution in [0.3, 0.4) is 0 Å². The Morgan fingerprint density at radius 3 is 2.06 bits per heavy atom. The summed E-state index contributed by atoms with van der Waals surface area (Å²) in [5, 5.41) is 25.1. The van der Waals surface area contributed by atoms with Crippen molar-refractivity contribution < 1.29 is 10.2 Å². The van der Waals surface area contributed by atoms with Crippen molar-refractivity contribution in [1.29, 1.82) is 5.41 Å². The molecule has 1 rings (SSSR count). The van der Waals surface area contributed by atoms with Crippen LogP contribution in [-0.4, -0.2) is 47.3 Å². The maximum Gasteiger partial charge on any atom is 0.122 e. The molecule has 0 amide bonds. The number of rotatable bonds is 7. The summed E-state index contributed by atoms with van der Waals surface area (Å²) in [7, 11) is 0. The highest BCUT2D eigenvalue weighted by Gasteiger charge is 2.05. The number of nitrogen functional groups attached to an aromatic ring is 1. The topological polar surface area (TPSA) is 93.6 Å². The molecule has 1 aromatic rings. The molecule has 0 unspecified atom stereocenters. The zero-order chi connectivity index (χ0) is 12.7. The van der Waals surface area contributed by atoms with E-state index in [0.29, 0.717) is 25.2 Å². The molecule has 0 saturated heterocycles. The van der Waals surface area contributed by atoms with E-state index in [0.717, 1.165) is 5.56 Å². The zero-order valence-electron chi connectivity index (χ0n) is 9.76. The maximum atomic E-state index is 8.89. The Morgan fingerprint density at radius 1 is 1.12 bits per heavy atom. The molecule has 5 N–H and O–H groups in total. The van der Waals surface area contributed by atoms with Gasteiger partial charge in [0, 0.05) is 25.2 Å². The van der Waals surface area contributed by atoms with Gasteiger partial charge in [-0.15, -0.1) is 0 Å². The summed E-state index contributed by atoms with van der Waals surface area (Å²) in [6, 6.07) is 7.40. The van der Waals surface area contributed by atoms with E-state index in [2.05, 4.69) is 0 Å². The van der Waals surface area contributed by atoms with Gasteiger partial charge in [-0.05, 0) is 5.56 Å². The predicted molar refractivity (Wildman–Crippen MR) is 66.9 cm³/mol. The van der Waals surface area contributed by atoms with Gasteiger partial charge in [-0.3, -0.25) is 10.3 Å². The first-order valence-electron chi connectivity index (χ1n) is 5.54. The number of nitrogens with two attached hydrogens (primary N) is 1. The van der Waals surface area contributed by atoms with Crippen molar-refractivity contribution in [2.75, 3.05) is 26.3 Å². The second kappa shape index (κ2) is 7.01. The molecule has 5 heteroatoms. The molecule has 0 fully saturated rings. The molecule has 0 aliphatic heterocycles. The average molecular weight is 237 g/mol. The number of nitrogens with zero attached hydrogens (tertiary/aromatic N) is 1. The fourth-order valence-corrected chi connectivity index (χ4v) is 1.60. The highest BCUT2D eigenvalue weighted by molar-refractivity contribution is 5.94. The molecular formula is C12H19N3O2. The van der Waals surface area contributed by atoms with E-state index in [1.807, 2.05) is 17.0 Å². The molecule has 0 aromatic heterocycles. The molecule has 0 atom stereocenters. The van der Waals surface area contributed by atoms with Crippen molar-refractivity contribution in [3.63, 3.8) is 0 Å². The van der Waals surface area contributed by atoms with Crippen LogP contribution in [0.15, 0.2) is 24.3 Å². The Hall–Kier alpha value is -1.43. The van der Waals surface area contributed by atoms with Crippen LogP contribution in [0.5, 0.6) is 0 Å². The SMILES string of the molecule is N=C(N)c1ccc(CN(CCO)CCO)cc1. The fourth-order valence-electron chi connectivity index (χ4n) is 1.60. The van der Waals surface area contributed by atoms with Crippen LogP contribution in [-0.2, 0) is 6.54 Å². The smallest absolute Gasteiger partial charge is 0.122 e. The molecule has 1 aromatic carbocycles. The van der Waals surface area contributed by atoms with Gasteiger partial charge < -0.3 is 15.9 Å². The monoisotopic (exact) mass is 237 g/mol. The van der Waals surface area contributed by atoms with Crippen molar-refractivity contribution in [3.05, 3.63) is 35.4 Å². The summed E-state index contributed by atoms with van der Waals surface area (Å²) in [5.74, 6) is 0.0547. The summed E-state index contributed by atoms with van der Waals surface area (Å²) in [5.41, 5.74) is 7.13. The average Bonchev–Trinajstić information content (AvgIpc) is 2.30. The number of aliphatic hydroxyl groups is 2. The lowest BCUT2D eigenvalue weighted by molar-refractivity contribution is 0.156. The van der Waals surface area contributed by atoms with Crippen LogP contribution in [0.1, 0.15) is 11.1 Å². The van der Waals surface area contributed by atoms with E-state index < -0.39 is 0 Å². The number of benzene rings is 1. The third-order valence-corrected chi connectivity index (χ3v) is 2.50. The molecular weight excluding hydrogens is 218 g/mol. The maximum absolute atomic E-state index is 8.89. The lowest BCUT2D eigenvalue weighted by Crippen LogP contribution is -2.29. The van der Waals surface area contributed by atoms with E-state index in [9.17, 15) is 0 Å². The summed E-state index contributed by atoms with van der Waals surface area (Å²) >= 11 is 0. The highest BCUT2D eigenvalue weighted by atomic mass is 16.3. The van der Waals surface area contributed by atoms with Gasteiger partial charge in [0.1, 0.15) is 5.84 Å². The Morgan fingerprint density at radius 2 is 1.65 bits per heavy atom. The van der Waals surface area contributed by atoms with Crippen LogP contribution in [0.4, 0.5) is 0 Å². The third-order valence-electron chi connectivity index (χ3n) is 2.50. The largest absolute Gasteiger partial charge is 0.395 e. The number of hydrogen-bond acceptors (Lipinski definition) is 4. The lowest BCUT2D eigenvalue weighted by Gasteiger charge is -2.20. The number of amidine groups is 1. The second-order valence-corrected chi connectivity index (χ2v) is 3.83. The molecule has 0 aliphatic carbocycles. The molecule has 94 valence electrons. The van der Waals surface area contributed by atoms with Crippen LogP contribution in [0.2, 0.25) is 0 Å². The Balaban J connectivity index is 2.62. The predicted octanol–water partition coefficient (Wildman–Crippen LogP) is -0.243. The van der Waals surface area contributed by atoms with Gasteiger partial charge in [0.25, 0.3) is 0 Å². The van der Waals surface area contributed by atoms with Crippen molar-refractivity contribution in [2.45, 2.75) is 6.54 Å². The third kappa shape index (κ3) is 4.52. The van der Waals surface area contributed by atoms with Gasteiger partial charge in [0.05, 0.1) is 13.2 Å². The van der Waals surface area contributed by atoms with Crippen LogP contribution in [0.25, 0.3) is 0 Å². The first-order valence-corrected chi connectivity index (χ1v) is 5.54. The van der Waals surface area contributed by atoms with Crippen molar-refractivity contribution in [1.82, 2.24) is 4.90 Å². The Bertz CT molecular complexity index is 345.